The summed E-state index contributed by atoms with van der Waals surface area (Å²) in [7, 11) is 0. The summed E-state index contributed by atoms with van der Waals surface area (Å²) < 4.78 is 11.4. The topological polar surface area (TPSA) is 96.9 Å². The minimum atomic E-state index is -0.511. The Balaban J connectivity index is 1.22. The van der Waals surface area contributed by atoms with Crippen molar-refractivity contribution in [3.8, 4) is 5.75 Å². The van der Waals surface area contributed by atoms with Crippen LogP contribution in [0.3, 0.4) is 0 Å². The first-order chi connectivity index (χ1) is 15.7. The minimum absolute atomic E-state index is 0.0104. The molecule has 1 atom stereocenters. The molecule has 0 saturated carbocycles. The van der Waals surface area contributed by atoms with Gasteiger partial charge >= 0.3 is 6.09 Å². The highest BCUT2D eigenvalue weighted by Gasteiger charge is 2.34. The van der Waals surface area contributed by atoms with Crippen LogP contribution in [0, 0.1) is 12.8 Å². The molecule has 2 fully saturated rings. The Bertz CT molecular complexity index is 981. The number of anilines is 2. The first-order valence-corrected chi connectivity index (χ1v) is 11.3. The second-order valence-corrected chi connectivity index (χ2v) is 9.60. The van der Waals surface area contributed by atoms with Gasteiger partial charge in [0.1, 0.15) is 17.5 Å². The third-order valence-corrected chi connectivity index (χ3v) is 5.58. The maximum Gasteiger partial charge on any atom is 0.410 e. The highest BCUT2D eigenvalue weighted by atomic mass is 16.6. The van der Waals surface area contributed by atoms with E-state index in [1.54, 1.807) is 4.90 Å². The summed E-state index contributed by atoms with van der Waals surface area (Å²) in [6.07, 6.45) is 0.362. The van der Waals surface area contributed by atoms with Crippen LogP contribution in [0.15, 0.2) is 36.4 Å². The van der Waals surface area contributed by atoms with Crippen molar-refractivity contribution < 1.29 is 19.1 Å². The van der Waals surface area contributed by atoms with E-state index in [0.29, 0.717) is 31.9 Å². The second kappa shape index (κ2) is 9.25. The molecule has 2 aliphatic heterocycles. The van der Waals surface area contributed by atoms with Gasteiger partial charge in [0.05, 0.1) is 18.2 Å². The van der Waals surface area contributed by atoms with E-state index in [2.05, 4.69) is 15.5 Å². The molecule has 2 saturated heterocycles. The fraction of sp³-hybridized carbons (Fsp3) is 0.500. The molecule has 9 heteroatoms. The van der Waals surface area contributed by atoms with E-state index in [1.807, 2.05) is 69.0 Å². The van der Waals surface area contributed by atoms with Gasteiger partial charge in [0.2, 0.25) is 5.91 Å². The highest BCUT2D eigenvalue weighted by molar-refractivity contribution is 5.94. The smallest absolute Gasteiger partial charge is 0.410 e. The van der Waals surface area contributed by atoms with Gasteiger partial charge in [-0.15, -0.1) is 5.10 Å². The Labute approximate surface area is 194 Å². The van der Waals surface area contributed by atoms with E-state index in [4.69, 9.17) is 9.47 Å². The van der Waals surface area contributed by atoms with Crippen molar-refractivity contribution in [2.24, 2.45) is 5.92 Å². The van der Waals surface area contributed by atoms with E-state index in [9.17, 15) is 9.59 Å². The monoisotopic (exact) mass is 453 g/mol. The molecule has 0 bridgehead atoms. The van der Waals surface area contributed by atoms with Gasteiger partial charge in [-0.05, 0) is 64.1 Å². The SMILES string of the molecule is Cc1ccc(N2CC(C(=O)Nc3ccc(O[C@@H]4CCN(C(=O)OC(C)(C)C)C4)cc3)C2)nn1. The first-order valence-electron chi connectivity index (χ1n) is 11.3. The fourth-order valence-electron chi connectivity index (χ4n) is 3.76. The van der Waals surface area contributed by atoms with Gasteiger partial charge < -0.3 is 24.6 Å². The van der Waals surface area contributed by atoms with Crippen LogP contribution in [0.25, 0.3) is 0 Å². The van der Waals surface area contributed by atoms with E-state index < -0.39 is 5.60 Å². The number of carbonyl (C=O) groups is 2. The number of rotatable bonds is 5. The molecule has 176 valence electrons. The number of benzene rings is 1. The van der Waals surface area contributed by atoms with Crippen molar-refractivity contribution in [2.75, 3.05) is 36.4 Å². The van der Waals surface area contributed by atoms with Crippen molar-refractivity contribution in [2.45, 2.75) is 45.8 Å². The summed E-state index contributed by atoms with van der Waals surface area (Å²) in [5.74, 6) is 1.41. The Kier molecular flexibility index (Phi) is 6.40. The van der Waals surface area contributed by atoms with Crippen LogP contribution in [0.2, 0.25) is 0 Å². The lowest BCUT2D eigenvalue weighted by atomic mass is 9.99. The molecule has 0 radical (unpaired) electrons. The van der Waals surface area contributed by atoms with Crippen LogP contribution >= 0.6 is 0 Å². The molecule has 2 amide bonds. The number of aryl methyl sites for hydroxylation is 1. The van der Waals surface area contributed by atoms with E-state index in [0.717, 1.165) is 23.6 Å². The summed E-state index contributed by atoms with van der Waals surface area (Å²) in [5.41, 5.74) is 1.08. The summed E-state index contributed by atoms with van der Waals surface area (Å²) in [4.78, 5) is 28.5. The van der Waals surface area contributed by atoms with E-state index >= 15 is 0 Å². The van der Waals surface area contributed by atoms with Crippen LogP contribution in [0.1, 0.15) is 32.9 Å². The summed E-state index contributed by atoms with van der Waals surface area (Å²) in [5, 5.41) is 11.2. The number of nitrogens with one attached hydrogen (secondary N) is 1. The lowest BCUT2D eigenvalue weighted by Crippen LogP contribution is -2.52. The molecule has 2 aromatic rings. The number of aromatic nitrogens is 2. The Morgan fingerprint density at radius 1 is 1.03 bits per heavy atom. The minimum Gasteiger partial charge on any atom is -0.489 e. The lowest BCUT2D eigenvalue weighted by molar-refractivity contribution is -0.120. The van der Waals surface area contributed by atoms with Crippen molar-refractivity contribution in [1.82, 2.24) is 15.1 Å². The molecular formula is C24H31N5O4. The lowest BCUT2D eigenvalue weighted by Gasteiger charge is -2.38. The van der Waals surface area contributed by atoms with Crippen molar-refractivity contribution in [3.05, 3.63) is 42.1 Å². The molecular weight excluding hydrogens is 422 g/mol. The molecule has 3 heterocycles. The summed E-state index contributed by atoms with van der Waals surface area (Å²) in [6.45, 7) is 9.82. The number of hydrogen-bond donors (Lipinski definition) is 1. The maximum absolute atomic E-state index is 12.5. The third kappa shape index (κ3) is 5.91. The predicted molar refractivity (Wildman–Crippen MR) is 124 cm³/mol. The molecule has 1 aromatic carbocycles. The van der Waals surface area contributed by atoms with Crippen molar-refractivity contribution >= 4 is 23.5 Å². The highest BCUT2D eigenvalue weighted by Crippen LogP contribution is 2.25. The molecule has 0 spiro atoms. The van der Waals surface area contributed by atoms with Crippen molar-refractivity contribution in [3.63, 3.8) is 0 Å². The molecule has 1 N–H and O–H groups in total. The van der Waals surface area contributed by atoms with E-state index in [1.165, 1.54) is 0 Å². The Morgan fingerprint density at radius 2 is 1.76 bits per heavy atom. The largest absolute Gasteiger partial charge is 0.489 e. The Morgan fingerprint density at radius 3 is 2.39 bits per heavy atom. The number of likely N-dealkylation sites (tertiary alicyclic amines) is 1. The predicted octanol–water partition coefficient (Wildman–Crippen LogP) is 3.25. The summed E-state index contributed by atoms with van der Waals surface area (Å²) in [6, 6.07) is 11.2. The van der Waals surface area contributed by atoms with Gasteiger partial charge in [0.25, 0.3) is 0 Å². The first kappa shape index (κ1) is 22.8. The van der Waals surface area contributed by atoms with Gasteiger partial charge in [-0.2, -0.15) is 5.10 Å². The van der Waals surface area contributed by atoms with Crippen LogP contribution in [-0.4, -0.2) is 65.0 Å². The zero-order valence-electron chi connectivity index (χ0n) is 19.6. The van der Waals surface area contributed by atoms with Gasteiger partial charge in [-0.25, -0.2) is 4.79 Å². The van der Waals surface area contributed by atoms with Crippen LogP contribution < -0.4 is 15.0 Å². The molecule has 33 heavy (non-hydrogen) atoms. The van der Waals surface area contributed by atoms with Crippen LogP contribution in [0.5, 0.6) is 5.75 Å². The molecule has 0 aliphatic carbocycles. The second-order valence-electron chi connectivity index (χ2n) is 9.60. The normalized spacial score (nSPS) is 18.6. The molecule has 2 aliphatic rings. The van der Waals surface area contributed by atoms with E-state index in [-0.39, 0.29) is 24.0 Å². The molecule has 1 aromatic heterocycles. The number of hydrogen-bond acceptors (Lipinski definition) is 7. The Hall–Kier alpha value is -3.36. The fourth-order valence-corrected chi connectivity index (χ4v) is 3.76. The van der Waals surface area contributed by atoms with Crippen LogP contribution in [0.4, 0.5) is 16.3 Å². The maximum atomic E-state index is 12.5. The number of amides is 2. The average molecular weight is 454 g/mol. The van der Waals surface area contributed by atoms with Crippen molar-refractivity contribution in [1.29, 1.82) is 0 Å². The third-order valence-electron chi connectivity index (χ3n) is 5.58. The standard InChI is InChI=1S/C24H31N5O4/c1-16-5-10-21(27-26-16)29-13-17(14-29)22(30)25-18-6-8-19(9-7-18)32-20-11-12-28(15-20)23(31)33-24(2,3)4/h5-10,17,20H,11-15H2,1-4H3,(H,25,30)/t20-/m1/s1. The van der Waals surface area contributed by atoms with Gasteiger partial charge in [-0.1, -0.05) is 0 Å². The molecule has 4 rings (SSSR count). The number of carbonyl (C=O) groups excluding carboxylic acids is 2. The molecule has 9 nitrogen and oxygen atoms in total. The van der Waals surface area contributed by atoms with Gasteiger partial charge in [-0.3, -0.25) is 4.79 Å². The average Bonchev–Trinajstić information content (AvgIpc) is 3.17. The van der Waals surface area contributed by atoms with Gasteiger partial charge in [0.15, 0.2) is 5.82 Å². The quantitative estimate of drug-likeness (QED) is 0.742. The number of nitrogens with zero attached hydrogens (tertiary/aromatic N) is 4. The molecule has 0 unspecified atom stereocenters. The van der Waals surface area contributed by atoms with Crippen LogP contribution in [-0.2, 0) is 9.53 Å². The van der Waals surface area contributed by atoms with Gasteiger partial charge in [0, 0.05) is 31.7 Å². The zero-order chi connectivity index (χ0) is 23.6. The zero-order valence-corrected chi connectivity index (χ0v) is 19.6. The number of ether oxygens (including phenoxy) is 2. The summed E-state index contributed by atoms with van der Waals surface area (Å²) >= 11 is 0.